The van der Waals surface area contributed by atoms with Gasteiger partial charge in [-0.05, 0) is 52.2 Å². The van der Waals surface area contributed by atoms with E-state index in [2.05, 4.69) is 0 Å². The molecular formula is C24H26F2N2O4. The zero-order valence-electron chi connectivity index (χ0n) is 18.4. The molecule has 2 aromatic rings. The average molecular weight is 444 g/mol. The van der Waals surface area contributed by atoms with Crippen LogP contribution in [0.3, 0.4) is 0 Å². The molecule has 0 unspecified atom stereocenters. The largest absolute Gasteiger partial charge is 0.507 e. The number of likely N-dealkylation sites (N-methyl/N-ethyl adjacent to an activating group) is 1. The van der Waals surface area contributed by atoms with Gasteiger partial charge in [0.2, 0.25) is 0 Å². The van der Waals surface area contributed by atoms with Crippen molar-refractivity contribution in [2.75, 3.05) is 27.2 Å². The van der Waals surface area contributed by atoms with Crippen molar-refractivity contribution in [3.63, 3.8) is 0 Å². The number of likely N-dealkylation sites (tertiary alicyclic amines) is 1. The average Bonchev–Trinajstić information content (AvgIpc) is 2.97. The molecular weight excluding hydrogens is 418 g/mol. The number of carbonyl (C=O) groups is 2. The molecule has 32 heavy (non-hydrogen) atoms. The Morgan fingerprint density at radius 1 is 1.12 bits per heavy atom. The van der Waals surface area contributed by atoms with Crippen molar-refractivity contribution in [2.45, 2.75) is 26.0 Å². The number of rotatable bonds is 7. The van der Waals surface area contributed by atoms with Gasteiger partial charge in [0.15, 0.2) is 11.6 Å². The maximum absolute atomic E-state index is 14.7. The normalized spacial score (nSPS) is 18.1. The van der Waals surface area contributed by atoms with Gasteiger partial charge < -0.3 is 19.6 Å². The number of carbonyl (C=O) groups excluding carboxylic acids is 2. The molecule has 0 saturated carbocycles. The number of aliphatic hydroxyl groups is 1. The van der Waals surface area contributed by atoms with E-state index < -0.39 is 35.1 Å². The van der Waals surface area contributed by atoms with Crippen LogP contribution < -0.4 is 4.74 Å². The first-order valence-corrected chi connectivity index (χ1v) is 10.3. The van der Waals surface area contributed by atoms with Gasteiger partial charge in [0, 0.05) is 24.2 Å². The fourth-order valence-electron chi connectivity index (χ4n) is 3.59. The van der Waals surface area contributed by atoms with Crippen molar-refractivity contribution in [3.8, 4) is 5.75 Å². The van der Waals surface area contributed by atoms with Gasteiger partial charge in [-0.25, -0.2) is 8.78 Å². The highest BCUT2D eigenvalue weighted by Gasteiger charge is 2.46. The predicted octanol–water partition coefficient (Wildman–Crippen LogP) is 3.74. The summed E-state index contributed by atoms with van der Waals surface area (Å²) >= 11 is 0. The summed E-state index contributed by atoms with van der Waals surface area (Å²) in [5, 5.41) is 11.0. The van der Waals surface area contributed by atoms with Crippen LogP contribution in [0.5, 0.6) is 5.75 Å². The van der Waals surface area contributed by atoms with Crippen LogP contribution in [0.4, 0.5) is 8.78 Å². The lowest BCUT2D eigenvalue weighted by atomic mass is 9.95. The predicted molar refractivity (Wildman–Crippen MR) is 116 cm³/mol. The third kappa shape index (κ3) is 4.65. The Labute approximate surface area is 185 Å². The number of hydrogen-bond acceptors (Lipinski definition) is 5. The van der Waals surface area contributed by atoms with E-state index in [9.17, 15) is 23.5 Å². The van der Waals surface area contributed by atoms with E-state index in [0.717, 1.165) is 6.07 Å². The van der Waals surface area contributed by atoms with Gasteiger partial charge in [-0.3, -0.25) is 9.59 Å². The second kappa shape index (κ2) is 9.48. The van der Waals surface area contributed by atoms with Crippen LogP contribution in [-0.4, -0.2) is 59.9 Å². The van der Waals surface area contributed by atoms with Crippen molar-refractivity contribution < 1.29 is 28.2 Å². The molecule has 1 saturated heterocycles. The van der Waals surface area contributed by atoms with E-state index in [-0.39, 0.29) is 35.1 Å². The molecule has 6 nitrogen and oxygen atoms in total. The highest BCUT2D eigenvalue weighted by atomic mass is 19.1. The quantitative estimate of drug-likeness (QED) is 0.400. The molecule has 1 amide bonds. The van der Waals surface area contributed by atoms with Crippen molar-refractivity contribution in [2.24, 2.45) is 0 Å². The molecule has 0 spiro atoms. The second-order valence-corrected chi connectivity index (χ2v) is 8.13. The summed E-state index contributed by atoms with van der Waals surface area (Å²) in [6.45, 7) is 4.06. The highest BCUT2D eigenvalue weighted by Crippen LogP contribution is 2.40. The van der Waals surface area contributed by atoms with Crippen LogP contribution in [0, 0.1) is 11.6 Å². The standard InChI is InChI=1S/C24H26F2N2O4/c1-14(2)32-19-10-9-15(13-18(19)26)22(29)20-21(16-7-5-6-8-17(16)25)28(12-11-27(3)4)24(31)23(20)30/h5-10,13-14,21,29H,11-12H2,1-4H3/t21-/m1/s1. The maximum atomic E-state index is 14.7. The van der Waals surface area contributed by atoms with E-state index in [0.29, 0.717) is 6.54 Å². The van der Waals surface area contributed by atoms with E-state index >= 15 is 0 Å². The third-order valence-corrected chi connectivity index (χ3v) is 5.10. The SMILES string of the molecule is CC(C)Oc1ccc(C(O)=C2C(=O)C(=O)N(CCN(C)C)[C@@H]2c2ccccc2F)cc1F. The minimum absolute atomic E-state index is 0.00589. The molecule has 0 aliphatic carbocycles. The smallest absolute Gasteiger partial charge is 0.295 e. The molecule has 1 heterocycles. The minimum atomic E-state index is -1.13. The summed E-state index contributed by atoms with van der Waals surface area (Å²) in [4.78, 5) is 28.8. The number of halogens is 2. The molecule has 170 valence electrons. The van der Waals surface area contributed by atoms with E-state index in [1.54, 1.807) is 34.0 Å². The molecule has 1 N–H and O–H groups in total. The maximum Gasteiger partial charge on any atom is 0.295 e. The first kappa shape index (κ1) is 23.4. The van der Waals surface area contributed by atoms with Crippen LogP contribution in [0.15, 0.2) is 48.0 Å². The molecule has 8 heteroatoms. The van der Waals surface area contributed by atoms with E-state index in [1.807, 2.05) is 4.90 Å². The number of ketones is 1. The molecule has 0 radical (unpaired) electrons. The van der Waals surface area contributed by atoms with Gasteiger partial charge in [0.25, 0.3) is 11.7 Å². The van der Waals surface area contributed by atoms with Gasteiger partial charge in [-0.1, -0.05) is 18.2 Å². The molecule has 0 aromatic heterocycles. The first-order valence-electron chi connectivity index (χ1n) is 10.3. The number of Topliss-reactive ketones (excluding diaryl/α,β-unsaturated/α-hetero) is 1. The summed E-state index contributed by atoms with van der Waals surface area (Å²) < 4.78 is 34.6. The number of benzene rings is 2. The number of ether oxygens (including phenoxy) is 1. The Morgan fingerprint density at radius 3 is 2.41 bits per heavy atom. The Balaban J connectivity index is 2.13. The summed E-state index contributed by atoms with van der Waals surface area (Å²) in [7, 11) is 3.61. The lowest BCUT2D eigenvalue weighted by molar-refractivity contribution is -0.140. The van der Waals surface area contributed by atoms with E-state index in [1.165, 1.54) is 35.2 Å². The fraction of sp³-hybridized carbons (Fsp3) is 0.333. The molecule has 2 aromatic carbocycles. The van der Waals surface area contributed by atoms with Gasteiger partial charge in [-0.2, -0.15) is 0 Å². The lowest BCUT2D eigenvalue weighted by Crippen LogP contribution is -2.35. The highest BCUT2D eigenvalue weighted by molar-refractivity contribution is 6.46. The van der Waals surface area contributed by atoms with E-state index in [4.69, 9.17) is 4.74 Å². The molecule has 1 aliphatic rings. The summed E-state index contributed by atoms with van der Waals surface area (Å²) in [5.41, 5.74) is -0.214. The lowest BCUT2D eigenvalue weighted by Gasteiger charge is -2.26. The number of hydrogen-bond donors (Lipinski definition) is 1. The Kier molecular flexibility index (Phi) is 6.93. The number of aliphatic hydroxyl groups excluding tert-OH is 1. The zero-order chi connectivity index (χ0) is 23.6. The van der Waals surface area contributed by atoms with Gasteiger partial charge in [0.1, 0.15) is 11.6 Å². The molecule has 0 bridgehead atoms. The molecule has 1 aliphatic heterocycles. The van der Waals surface area contributed by atoms with Crippen LogP contribution in [0.1, 0.15) is 31.0 Å². The monoisotopic (exact) mass is 444 g/mol. The third-order valence-electron chi connectivity index (χ3n) is 5.10. The minimum Gasteiger partial charge on any atom is -0.507 e. The molecule has 1 fully saturated rings. The molecule has 1 atom stereocenters. The first-order chi connectivity index (χ1) is 15.1. The summed E-state index contributed by atoms with van der Waals surface area (Å²) in [6.07, 6.45) is -0.257. The summed E-state index contributed by atoms with van der Waals surface area (Å²) in [5.74, 6) is -3.72. The van der Waals surface area contributed by atoms with Crippen LogP contribution in [0.25, 0.3) is 5.76 Å². The van der Waals surface area contributed by atoms with Crippen molar-refractivity contribution in [3.05, 3.63) is 70.8 Å². The fourth-order valence-corrected chi connectivity index (χ4v) is 3.59. The van der Waals surface area contributed by atoms with Crippen molar-refractivity contribution >= 4 is 17.4 Å². The van der Waals surface area contributed by atoms with Crippen molar-refractivity contribution in [1.29, 1.82) is 0 Å². The Morgan fingerprint density at radius 2 is 1.81 bits per heavy atom. The topological polar surface area (TPSA) is 70.1 Å². The summed E-state index contributed by atoms with van der Waals surface area (Å²) in [6, 6.07) is 8.38. The van der Waals surface area contributed by atoms with Gasteiger partial charge in [0.05, 0.1) is 17.7 Å². The van der Waals surface area contributed by atoms with Crippen molar-refractivity contribution in [1.82, 2.24) is 9.80 Å². The Bertz CT molecular complexity index is 1070. The molecule has 3 rings (SSSR count). The Hall–Kier alpha value is -3.26. The van der Waals surface area contributed by atoms with Crippen LogP contribution in [-0.2, 0) is 9.59 Å². The van der Waals surface area contributed by atoms with Crippen LogP contribution in [0.2, 0.25) is 0 Å². The zero-order valence-corrected chi connectivity index (χ0v) is 18.4. The second-order valence-electron chi connectivity index (χ2n) is 8.13. The van der Waals surface area contributed by atoms with Gasteiger partial charge >= 0.3 is 0 Å². The number of amides is 1. The van der Waals surface area contributed by atoms with Gasteiger partial charge in [-0.15, -0.1) is 0 Å². The number of nitrogens with zero attached hydrogens (tertiary/aromatic N) is 2. The van der Waals surface area contributed by atoms with Crippen LogP contribution >= 0.6 is 0 Å².